The summed E-state index contributed by atoms with van der Waals surface area (Å²) < 4.78 is 12.3. The Morgan fingerprint density at radius 3 is 1.50 bits per heavy atom. The van der Waals surface area contributed by atoms with Crippen molar-refractivity contribution in [1.82, 2.24) is 0 Å². The molecule has 2 aromatic heterocycles. The summed E-state index contributed by atoms with van der Waals surface area (Å²) in [7, 11) is 0. The van der Waals surface area contributed by atoms with Crippen LogP contribution in [0.2, 0.25) is 0 Å². The van der Waals surface area contributed by atoms with E-state index in [1.165, 1.54) is 71.3 Å². The lowest BCUT2D eigenvalue weighted by molar-refractivity contribution is 0.668. The normalized spacial score (nSPS) is 14.7. The van der Waals surface area contributed by atoms with Crippen molar-refractivity contribution >= 4 is 71.0 Å². The zero-order chi connectivity index (χ0) is 34.2. The molecule has 1 atom stereocenters. The molecule has 10 aromatic rings. The van der Waals surface area contributed by atoms with Crippen LogP contribution in [0, 0.1) is 0 Å². The van der Waals surface area contributed by atoms with Crippen molar-refractivity contribution in [2.24, 2.45) is 0 Å². The van der Waals surface area contributed by atoms with Crippen LogP contribution in [-0.4, -0.2) is 0 Å². The molecule has 1 unspecified atom stereocenters. The van der Waals surface area contributed by atoms with Crippen LogP contribution in [0.3, 0.4) is 0 Å². The zero-order valence-corrected chi connectivity index (χ0v) is 28.3. The molecule has 0 bridgehead atoms. The van der Waals surface area contributed by atoms with E-state index in [4.69, 9.17) is 8.83 Å². The van der Waals surface area contributed by atoms with Gasteiger partial charge >= 0.3 is 0 Å². The Kier molecular flexibility index (Phi) is 6.41. The summed E-state index contributed by atoms with van der Waals surface area (Å²) in [6, 6.07) is 56.8. The van der Waals surface area contributed by atoms with Gasteiger partial charge in [0.25, 0.3) is 0 Å². The number of fused-ring (bicyclic) bond motifs is 8. The number of allylic oxidation sites excluding steroid dienone is 4. The zero-order valence-electron chi connectivity index (χ0n) is 28.3. The first-order chi connectivity index (χ1) is 25.8. The molecule has 52 heavy (non-hydrogen) atoms. The van der Waals surface area contributed by atoms with Gasteiger partial charge in [0.1, 0.15) is 22.3 Å². The maximum atomic E-state index is 6.15. The highest BCUT2D eigenvalue weighted by Gasteiger charge is 2.22. The smallest absolute Gasteiger partial charge is 0.135 e. The van der Waals surface area contributed by atoms with E-state index < -0.39 is 0 Å². The van der Waals surface area contributed by atoms with Gasteiger partial charge < -0.3 is 8.83 Å². The van der Waals surface area contributed by atoms with Crippen LogP contribution in [0.15, 0.2) is 185 Å². The first-order valence-corrected chi connectivity index (χ1v) is 18.0. The highest BCUT2D eigenvalue weighted by molar-refractivity contribution is 6.19. The second kappa shape index (κ2) is 11.4. The van der Waals surface area contributed by atoms with Gasteiger partial charge in [-0.05, 0) is 103 Å². The van der Waals surface area contributed by atoms with E-state index in [0.717, 1.165) is 39.5 Å². The van der Waals surface area contributed by atoms with Gasteiger partial charge in [-0.1, -0.05) is 140 Å². The molecule has 0 radical (unpaired) electrons. The standard InChI is InChI=1S/C50H32O2/c1-3-16-41-39(14-1)49(32-22-20-31(21-23-32)34-24-26-47-43(29-34)37-12-5-7-18-45(37)51-47)40-15-2-4-17-42(40)50(41)36-11-9-10-33(28-36)35-25-27-48-44(30-35)38-13-6-8-19-46(38)52-48/h1-27,29-30,33H,28H2. The summed E-state index contributed by atoms with van der Waals surface area (Å²) in [4.78, 5) is 0. The van der Waals surface area contributed by atoms with Gasteiger partial charge in [0.2, 0.25) is 0 Å². The number of para-hydroxylation sites is 2. The fourth-order valence-electron chi connectivity index (χ4n) is 8.59. The number of hydrogen-bond donors (Lipinski definition) is 0. The highest BCUT2D eigenvalue weighted by Crippen LogP contribution is 2.46. The maximum Gasteiger partial charge on any atom is 0.135 e. The van der Waals surface area contributed by atoms with E-state index in [2.05, 4.69) is 152 Å². The van der Waals surface area contributed by atoms with Crippen LogP contribution in [0.5, 0.6) is 0 Å². The van der Waals surface area contributed by atoms with Crippen molar-refractivity contribution in [2.45, 2.75) is 12.3 Å². The summed E-state index contributed by atoms with van der Waals surface area (Å²) in [6.07, 6.45) is 7.85. The monoisotopic (exact) mass is 664 g/mol. The molecule has 244 valence electrons. The molecular weight excluding hydrogens is 633 g/mol. The molecule has 0 saturated heterocycles. The van der Waals surface area contributed by atoms with Crippen molar-refractivity contribution in [3.05, 3.63) is 187 Å². The number of benzene rings is 8. The Morgan fingerprint density at radius 2 is 0.865 bits per heavy atom. The van der Waals surface area contributed by atoms with Crippen LogP contribution >= 0.6 is 0 Å². The average molecular weight is 665 g/mol. The summed E-state index contributed by atoms with van der Waals surface area (Å²) >= 11 is 0. The van der Waals surface area contributed by atoms with E-state index in [9.17, 15) is 0 Å². The molecule has 0 amide bonds. The van der Waals surface area contributed by atoms with E-state index in [-0.39, 0.29) is 5.92 Å². The topological polar surface area (TPSA) is 26.3 Å². The highest BCUT2D eigenvalue weighted by atomic mass is 16.3. The van der Waals surface area contributed by atoms with Gasteiger partial charge in [-0.15, -0.1) is 0 Å². The minimum atomic E-state index is 0.266. The van der Waals surface area contributed by atoms with Crippen LogP contribution in [0.4, 0.5) is 0 Å². The van der Waals surface area contributed by atoms with Gasteiger partial charge in [0.05, 0.1) is 0 Å². The minimum Gasteiger partial charge on any atom is -0.456 e. The summed E-state index contributed by atoms with van der Waals surface area (Å²) in [5, 5.41) is 9.76. The van der Waals surface area contributed by atoms with Crippen LogP contribution in [0.1, 0.15) is 23.5 Å². The van der Waals surface area contributed by atoms with E-state index >= 15 is 0 Å². The molecule has 2 nitrogen and oxygen atoms in total. The molecule has 1 aliphatic carbocycles. The second-order valence-electron chi connectivity index (χ2n) is 14.0. The Balaban J connectivity index is 1.00. The Hall–Kier alpha value is -6.64. The van der Waals surface area contributed by atoms with Crippen molar-refractivity contribution in [2.75, 3.05) is 0 Å². The van der Waals surface area contributed by atoms with Crippen molar-refractivity contribution in [3.8, 4) is 22.3 Å². The Bertz CT molecular complexity index is 3040. The predicted octanol–water partition coefficient (Wildman–Crippen LogP) is 14.3. The molecule has 0 N–H and O–H groups in total. The van der Waals surface area contributed by atoms with Gasteiger partial charge in [-0.2, -0.15) is 0 Å². The summed E-state index contributed by atoms with van der Waals surface area (Å²) in [5.41, 5.74) is 12.6. The van der Waals surface area contributed by atoms with Crippen molar-refractivity contribution < 1.29 is 8.83 Å². The van der Waals surface area contributed by atoms with Gasteiger partial charge in [-0.3, -0.25) is 0 Å². The molecular formula is C50H32O2. The average Bonchev–Trinajstić information content (AvgIpc) is 3.78. The van der Waals surface area contributed by atoms with E-state index in [1.807, 2.05) is 24.3 Å². The molecule has 2 heterocycles. The van der Waals surface area contributed by atoms with Crippen LogP contribution in [0.25, 0.3) is 93.2 Å². The second-order valence-corrected chi connectivity index (χ2v) is 14.0. The molecule has 0 spiro atoms. The fraction of sp³-hybridized carbons (Fsp3) is 0.0400. The Labute approximate surface area is 300 Å². The van der Waals surface area contributed by atoms with Crippen molar-refractivity contribution in [3.63, 3.8) is 0 Å². The summed E-state index contributed by atoms with van der Waals surface area (Å²) in [6.45, 7) is 0. The SMILES string of the molecule is C1=CC(c2ccc3oc4ccccc4c3c2)CC(c2c3ccccc3c(-c3ccc(-c4ccc5oc6ccccc6c5c4)cc3)c3ccccc23)=C1. The quantitative estimate of drug-likeness (QED) is 0.175. The maximum absolute atomic E-state index is 6.15. The third kappa shape index (κ3) is 4.51. The van der Waals surface area contributed by atoms with Crippen LogP contribution in [-0.2, 0) is 0 Å². The number of rotatable bonds is 4. The molecule has 0 aliphatic heterocycles. The first kappa shape index (κ1) is 29.1. The number of hydrogen-bond acceptors (Lipinski definition) is 2. The van der Waals surface area contributed by atoms with E-state index in [0.29, 0.717) is 0 Å². The van der Waals surface area contributed by atoms with E-state index in [1.54, 1.807) is 0 Å². The molecule has 0 saturated carbocycles. The minimum absolute atomic E-state index is 0.266. The predicted molar refractivity (Wildman–Crippen MR) is 218 cm³/mol. The van der Waals surface area contributed by atoms with Gasteiger partial charge in [-0.25, -0.2) is 0 Å². The summed E-state index contributed by atoms with van der Waals surface area (Å²) in [5.74, 6) is 0.266. The first-order valence-electron chi connectivity index (χ1n) is 18.0. The molecule has 11 rings (SSSR count). The lowest BCUT2D eigenvalue weighted by atomic mass is 9.80. The lowest BCUT2D eigenvalue weighted by Gasteiger charge is -2.23. The molecule has 0 fully saturated rings. The lowest BCUT2D eigenvalue weighted by Crippen LogP contribution is -2.02. The Morgan fingerprint density at radius 1 is 0.385 bits per heavy atom. The number of furan rings is 2. The fourth-order valence-corrected chi connectivity index (χ4v) is 8.59. The largest absolute Gasteiger partial charge is 0.456 e. The third-order valence-corrected chi connectivity index (χ3v) is 11.0. The molecule has 2 heteroatoms. The van der Waals surface area contributed by atoms with Gasteiger partial charge in [0, 0.05) is 27.5 Å². The van der Waals surface area contributed by atoms with Gasteiger partial charge in [0.15, 0.2) is 0 Å². The molecule has 1 aliphatic rings. The van der Waals surface area contributed by atoms with Crippen molar-refractivity contribution in [1.29, 1.82) is 0 Å². The third-order valence-electron chi connectivity index (χ3n) is 11.0. The van der Waals surface area contributed by atoms with Crippen LogP contribution < -0.4 is 0 Å². The molecule has 8 aromatic carbocycles.